The molecule has 5 nitrogen and oxygen atoms in total. The van der Waals surface area contributed by atoms with E-state index in [0.29, 0.717) is 28.2 Å². The van der Waals surface area contributed by atoms with E-state index in [2.05, 4.69) is 19.2 Å². The smallest absolute Gasteiger partial charge is 0.336 e. The lowest BCUT2D eigenvalue weighted by Crippen LogP contribution is -2.45. The Bertz CT molecular complexity index is 907. The molecule has 0 aliphatic heterocycles. The van der Waals surface area contributed by atoms with E-state index in [1.165, 1.54) is 12.5 Å². The summed E-state index contributed by atoms with van der Waals surface area (Å²) in [6.45, 7) is 6.34. The largest absolute Gasteiger partial charge is 0.482 e. The summed E-state index contributed by atoms with van der Waals surface area (Å²) in [6.07, 6.45) is 5.01. The number of hydrogen-bond donors (Lipinski definition) is 1. The van der Waals surface area contributed by atoms with Crippen LogP contribution < -0.4 is 15.7 Å². The molecule has 1 fully saturated rings. The van der Waals surface area contributed by atoms with Crippen LogP contribution in [0.15, 0.2) is 27.4 Å². The van der Waals surface area contributed by atoms with Gasteiger partial charge in [0.1, 0.15) is 11.3 Å². The summed E-state index contributed by atoms with van der Waals surface area (Å²) in [7, 11) is 0. The van der Waals surface area contributed by atoms with Gasteiger partial charge in [0.05, 0.1) is 5.02 Å². The maximum atomic E-state index is 12.4. The topological polar surface area (TPSA) is 68.5 Å². The predicted octanol–water partition coefficient (Wildman–Crippen LogP) is 4.72. The van der Waals surface area contributed by atoms with E-state index in [-0.39, 0.29) is 18.6 Å². The number of hydrogen-bond acceptors (Lipinski definition) is 4. The van der Waals surface area contributed by atoms with Crippen LogP contribution in [-0.4, -0.2) is 18.6 Å². The van der Waals surface area contributed by atoms with Gasteiger partial charge in [-0.15, -0.1) is 0 Å². The molecule has 28 heavy (non-hydrogen) atoms. The minimum atomic E-state index is -0.401. The molecule has 1 aromatic carbocycles. The normalized spacial score (nSPS) is 22.2. The number of ether oxygens (including phenoxy) is 1. The minimum Gasteiger partial charge on any atom is -0.482 e. The molecule has 1 heterocycles. The number of carbonyl (C=O) groups excluding carboxylic acids is 1. The summed E-state index contributed by atoms with van der Waals surface area (Å²) in [5.74, 6) is 1.23. The van der Waals surface area contributed by atoms with Gasteiger partial charge in [0, 0.05) is 23.6 Å². The average molecular weight is 406 g/mol. The molecular weight excluding hydrogens is 378 g/mol. The molecule has 3 atom stereocenters. The fourth-order valence-electron chi connectivity index (χ4n) is 3.99. The van der Waals surface area contributed by atoms with Crippen LogP contribution in [0.4, 0.5) is 0 Å². The predicted molar refractivity (Wildman–Crippen MR) is 111 cm³/mol. The van der Waals surface area contributed by atoms with Crippen molar-refractivity contribution in [2.24, 2.45) is 11.8 Å². The van der Waals surface area contributed by atoms with E-state index >= 15 is 0 Å². The zero-order valence-electron chi connectivity index (χ0n) is 16.7. The minimum absolute atomic E-state index is 0.123. The van der Waals surface area contributed by atoms with Crippen LogP contribution in [0, 0.1) is 11.8 Å². The summed E-state index contributed by atoms with van der Waals surface area (Å²) in [4.78, 5) is 24.2. The molecule has 1 N–H and O–H groups in total. The molecule has 152 valence electrons. The van der Waals surface area contributed by atoms with Crippen molar-refractivity contribution in [1.29, 1.82) is 0 Å². The molecule has 0 bridgehead atoms. The van der Waals surface area contributed by atoms with Crippen LogP contribution in [0.25, 0.3) is 11.0 Å². The van der Waals surface area contributed by atoms with Crippen molar-refractivity contribution in [3.63, 3.8) is 0 Å². The second kappa shape index (κ2) is 8.99. The maximum absolute atomic E-state index is 12.4. The Hall–Kier alpha value is -2.01. The molecule has 1 amide bonds. The van der Waals surface area contributed by atoms with Gasteiger partial charge in [-0.2, -0.15) is 0 Å². The third-order valence-corrected chi connectivity index (χ3v) is 6.11. The maximum Gasteiger partial charge on any atom is 0.336 e. The fraction of sp³-hybridized carbons (Fsp3) is 0.545. The number of benzene rings is 1. The van der Waals surface area contributed by atoms with Gasteiger partial charge in [-0.1, -0.05) is 51.6 Å². The van der Waals surface area contributed by atoms with E-state index in [4.69, 9.17) is 20.8 Å². The van der Waals surface area contributed by atoms with E-state index < -0.39 is 5.63 Å². The first-order valence-electron chi connectivity index (χ1n) is 10.1. The molecule has 1 aromatic heterocycles. The van der Waals surface area contributed by atoms with Crippen LogP contribution >= 0.6 is 11.6 Å². The van der Waals surface area contributed by atoms with Crippen LogP contribution in [0.5, 0.6) is 5.75 Å². The molecule has 2 aromatic rings. The molecule has 0 radical (unpaired) electrons. The summed E-state index contributed by atoms with van der Waals surface area (Å²) < 4.78 is 10.9. The molecule has 6 heteroatoms. The lowest BCUT2D eigenvalue weighted by molar-refractivity contribution is -0.124. The third-order valence-electron chi connectivity index (χ3n) is 5.81. The number of fused-ring (bicyclic) bond motifs is 1. The van der Waals surface area contributed by atoms with Gasteiger partial charge in [-0.25, -0.2) is 4.79 Å². The second-order valence-corrected chi connectivity index (χ2v) is 8.26. The zero-order chi connectivity index (χ0) is 20.3. The molecular formula is C22H28ClNO4. The Morgan fingerprint density at radius 1 is 1.29 bits per heavy atom. The van der Waals surface area contributed by atoms with Crippen LogP contribution in [0.3, 0.4) is 0 Å². The van der Waals surface area contributed by atoms with Gasteiger partial charge < -0.3 is 14.5 Å². The highest BCUT2D eigenvalue weighted by atomic mass is 35.5. The Kier molecular flexibility index (Phi) is 6.65. The van der Waals surface area contributed by atoms with Crippen molar-refractivity contribution in [3.8, 4) is 5.75 Å². The fourth-order valence-corrected chi connectivity index (χ4v) is 4.21. The Labute approximate surface area is 170 Å². The highest BCUT2D eigenvalue weighted by molar-refractivity contribution is 6.32. The van der Waals surface area contributed by atoms with Crippen LogP contribution in [-0.2, 0) is 11.2 Å². The van der Waals surface area contributed by atoms with E-state index in [1.54, 1.807) is 12.1 Å². The van der Waals surface area contributed by atoms with Crippen LogP contribution in [0.1, 0.15) is 52.0 Å². The van der Waals surface area contributed by atoms with Gasteiger partial charge >= 0.3 is 5.63 Å². The second-order valence-electron chi connectivity index (χ2n) is 7.85. The van der Waals surface area contributed by atoms with E-state index in [0.717, 1.165) is 36.6 Å². The van der Waals surface area contributed by atoms with Gasteiger partial charge in [0.15, 0.2) is 6.61 Å². The zero-order valence-corrected chi connectivity index (χ0v) is 17.5. The number of halogens is 1. The van der Waals surface area contributed by atoms with Gasteiger partial charge in [0.25, 0.3) is 5.91 Å². The molecule has 1 aliphatic carbocycles. The quantitative estimate of drug-likeness (QED) is 0.706. The van der Waals surface area contributed by atoms with Crippen molar-refractivity contribution >= 4 is 28.5 Å². The number of carbonyl (C=O) groups is 1. The lowest BCUT2D eigenvalue weighted by atomic mass is 9.78. The van der Waals surface area contributed by atoms with Crippen molar-refractivity contribution in [3.05, 3.63) is 39.2 Å². The van der Waals surface area contributed by atoms with E-state index in [9.17, 15) is 9.59 Å². The Morgan fingerprint density at radius 2 is 2.07 bits per heavy atom. The monoisotopic (exact) mass is 405 g/mol. The lowest BCUT2D eigenvalue weighted by Gasteiger charge is -2.34. The number of amides is 1. The summed E-state index contributed by atoms with van der Waals surface area (Å²) in [5.41, 5.74) is 0.924. The molecule has 1 aliphatic rings. The Morgan fingerprint density at radius 3 is 2.82 bits per heavy atom. The average Bonchev–Trinajstić information content (AvgIpc) is 2.64. The first-order chi connectivity index (χ1) is 13.4. The van der Waals surface area contributed by atoms with Crippen molar-refractivity contribution in [1.82, 2.24) is 5.32 Å². The van der Waals surface area contributed by atoms with E-state index in [1.807, 2.05) is 6.92 Å². The van der Waals surface area contributed by atoms with Crippen LogP contribution in [0.2, 0.25) is 5.02 Å². The standard InChI is InChI=1S/C22H28ClNO4/c1-4-6-15-9-22(26)28-19-11-20(17(23)10-16(15)19)27-12-21(25)24-18-8-5-7-13(2)14(18)3/h9-11,13-14,18H,4-8,12H2,1-3H3,(H,24,25)/t13-,14-,18+/m0/s1. The molecule has 1 saturated carbocycles. The summed E-state index contributed by atoms with van der Waals surface area (Å²) in [6, 6.07) is 5.02. The Balaban J connectivity index is 1.71. The van der Waals surface area contributed by atoms with Gasteiger partial charge in [-0.3, -0.25) is 4.79 Å². The third kappa shape index (κ3) is 4.69. The number of rotatable bonds is 6. The molecule has 3 rings (SSSR count). The summed E-state index contributed by atoms with van der Waals surface area (Å²) >= 11 is 6.36. The molecule has 0 unspecified atom stereocenters. The van der Waals surface area contributed by atoms with Gasteiger partial charge in [-0.05, 0) is 36.3 Å². The number of aryl methyl sites for hydroxylation is 1. The highest BCUT2D eigenvalue weighted by Gasteiger charge is 2.28. The highest BCUT2D eigenvalue weighted by Crippen LogP contribution is 2.32. The van der Waals surface area contributed by atoms with Gasteiger partial charge in [0.2, 0.25) is 0 Å². The van der Waals surface area contributed by atoms with Crippen molar-refractivity contribution in [2.75, 3.05) is 6.61 Å². The summed E-state index contributed by atoms with van der Waals surface area (Å²) in [5, 5.41) is 4.27. The molecule has 0 saturated heterocycles. The first kappa shape index (κ1) is 20.7. The SMILES string of the molecule is CCCc1cc(=O)oc2cc(OCC(=O)N[C@@H]3CCC[C@H](C)[C@@H]3C)c(Cl)cc12. The van der Waals surface area contributed by atoms with Crippen molar-refractivity contribution < 1.29 is 13.9 Å². The molecule has 0 spiro atoms. The van der Waals surface area contributed by atoms with Crippen molar-refractivity contribution in [2.45, 2.75) is 58.9 Å². The first-order valence-corrected chi connectivity index (χ1v) is 10.4. The number of nitrogens with one attached hydrogen (secondary N) is 1.